The highest BCUT2D eigenvalue weighted by Crippen LogP contribution is 2.25. The van der Waals surface area contributed by atoms with E-state index in [1.807, 2.05) is 6.92 Å². The number of fused-ring (bicyclic) bond motifs is 1. The molecule has 5 atom stereocenters. The smallest absolute Gasteiger partial charge is 0.0761 e. The standard InChI is InChI=1S/C9H17NO2S/c1-6-5-8-9(7(2)12-6)13(11)4-3-10-8/h6-10H,3-5H2,1-2H3. The van der Waals surface area contributed by atoms with Gasteiger partial charge in [-0.25, -0.2) is 0 Å². The minimum Gasteiger partial charge on any atom is -0.374 e. The highest BCUT2D eigenvalue weighted by atomic mass is 32.2. The van der Waals surface area contributed by atoms with Gasteiger partial charge in [-0.3, -0.25) is 4.21 Å². The summed E-state index contributed by atoms with van der Waals surface area (Å²) in [6.45, 7) is 5.03. The maximum absolute atomic E-state index is 11.7. The molecule has 0 spiro atoms. The van der Waals surface area contributed by atoms with Gasteiger partial charge in [0.2, 0.25) is 0 Å². The quantitative estimate of drug-likeness (QED) is 0.614. The lowest BCUT2D eigenvalue weighted by Crippen LogP contribution is -2.59. The minimum atomic E-state index is -0.689. The average Bonchev–Trinajstić information content (AvgIpc) is 2.02. The van der Waals surface area contributed by atoms with Gasteiger partial charge in [0.1, 0.15) is 0 Å². The summed E-state index contributed by atoms with van der Waals surface area (Å²) < 4.78 is 17.4. The minimum absolute atomic E-state index is 0.141. The predicted octanol–water partition coefficient (Wildman–Crippen LogP) is 0.273. The van der Waals surface area contributed by atoms with Crippen LogP contribution in [-0.2, 0) is 15.5 Å². The van der Waals surface area contributed by atoms with Gasteiger partial charge in [-0.1, -0.05) is 0 Å². The molecule has 0 aromatic rings. The van der Waals surface area contributed by atoms with Gasteiger partial charge >= 0.3 is 0 Å². The zero-order valence-corrected chi connectivity index (χ0v) is 8.97. The third-order valence-corrected chi connectivity index (χ3v) is 4.83. The van der Waals surface area contributed by atoms with Crippen LogP contribution in [0.2, 0.25) is 0 Å². The summed E-state index contributed by atoms with van der Waals surface area (Å²) in [5, 5.41) is 3.65. The molecule has 0 amide bonds. The van der Waals surface area contributed by atoms with Crippen molar-refractivity contribution in [2.45, 2.75) is 43.8 Å². The van der Waals surface area contributed by atoms with E-state index in [-0.39, 0.29) is 11.4 Å². The summed E-state index contributed by atoms with van der Waals surface area (Å²) >= 11 is 0. The molecule has 0 radical (unpaired) electrons. The number of hydrogen-bond donors (Lipinski definition) is 1. The monoisotopic (exact) mass is 203 g/mol. The summed E-state index contributed by atoms with van der Waals surface area (Å²) in [5.41, 5.74) is 0. The second-order valence-corrected chi connectivity index (χ2v) is 5.71. The number of rotatable bonds is 0. The molecule has 0 aromatic carbocycles. The molecule has 4 heteroatoms. The molecule has 0 bridgehead atoms. The normalized spacial score (nSPS) is 51.4. The largest absolute Gasteiger partial charge is 0.374 e. The molecule has 0 saturated carbocycles. The molecule has 76 valence electrons. The van der Waals surface area contributed by atoms with Crippen LogP contribution >= 0.6 is 0 Å². The third kappa shape index (κ3) is 1.80. The molecular weight excluding hydrogens is 186 g/mol. The van der Waals surface area contributed by atoms with Crippen molar-refractivity contribution in [1.29, 1.82) is 0 Å². The van der Waals surface area contributed by atoms with Crippen LogP contribution in [0.15, 0.2) is 0 Å². The fourth-order valence-corrected chi connectivity index (χ4v) is 4.05. The van der Waals surface area contributed by atoms with E-state index in [0.717, 1.165) is 18.7 Å². The fraction of sp³-hybridized carbons (Fsp3) is 1.00. The van der Waals surface area contributed by atoms with Crippen molar-refractivity contribution in [3.63, 3.8) is 0 Å². The van der Waals surface area contributed by atoms with Crippen molar-refractivity contribution in [3.05, 3.63) is 0 Å². The van der Waals surface area contributed by atoms with E-state index < -0.39 is 10.8 Å². The Bertz CT molecular complexity index is 222. The van der Waals surface area contributed by atoms with Crippen molar-refractivity contribution in [2.24, 2.45) is 0 Å². The van der Waals surface area contributed by atoms with Crippen LogP contribution in [0.4, 0.5) is 0 Å². The van der Waals surface area contributed by atoms with Crippen LogP contribution in [-0.4, -0.2) is 40.0 Å². The Labute approximate surface area is 81.7 Å². The Morgan fingerprint density at radius 1 is 1.46 bits per heavy atom. The van der Waals surface area contributed by atoms with E-state index in [0.29, 0.717) is 12.1 Å². The molecule has 1 N–H and O–H groups in total. The van der Waals surface area contributed by atoms with Crippen molar-refractivity contribution in [2.75, 3.05) is 12.3 Å². The molecule has 2 rings (SSSR count). The number of hydrogen-bond acceptors (Lipinski definition) is 3. The van der Waals surface area contributed by atoms with Crippen LogP contribution in [0.5, 0.6) is 0 Å². The van der Waals surface area contributed by atoms with Gasteiger partial charge in [0, 0.05) is 29.1 Å². The van der Waals surface area contributed by atoms with Crippen molar-refractivity contribution < 1.29 is 8.95 Å². The van der Waals surface area contributed by atoms with E-state index in [1.165, 1.54) is 0 Å². The average molecular weight is 203 g/mol. The summed E-state index contributed by atoms with van der Waals surface area (Å²) in [5.74, 6) is 0.781. The lowest BCUT2D eigenvalue weighted by molar-refractivity contribution is -0.0391. The molecule has 2 heterocycles. The lowest BCUT2D eigenvalue weighted by Gasteiger charge is -2.42. The summed E-state index contributed by atoms with van der Waals surface area (Å²) in [6, 6.07) is 0.410. The maximum atomic E-state index is 11.7. The SMILES string of the molecule is CC1CC2NCCS(=O)C2C(C)O1. The Balaban J connectivity index is 2.12. The first kappa shape index (κ1) is 9.62. The van der Waals surface area contributed by atoms with Crippen molar-refractivity contribution in [1.82, 2.24) is 5.32 Å². The number of ether oxygens (including phenoxy) is 1. The summed E-state index contributed by atoms with van der Waals surface area (Å²) in [6.07, 6.45) is 1.45. The Hall–Kier alpha value is 0.0700. The van der Waals surface area contributed by atoms with Gasteiger partial charge in [0.15, 0.2) is 0 Å². The van der Waals surface area contributed by atoms with Crippen molar-refractivity contribution in [3.8, 4) is 0 Å². The van der Waals surface area contributed by atoms with E-state index in [2.05, 4.69) is 12.2 Å². The molecule has 2 saturated heterocycles. The van der Waals surface area contributed by atoms with Crippen LogP contribution < -0.4 is 5.32 Å². The first-order valence-electron chi connectivity index (χ1n) is 4.94. The highest BCUT2D eigenvalue weighted by Gasteiger charge is 2.40. The van der Waals surface area contributed by atoms with E-state index >= 15 is 0 Å². The Morgan fingerprint density at radius 3 is 3.00 bits per heavy atom. The van der Waals surface area contributed by atoms with Crippen LogP contribution in [0.3, 0.4) is 0 Å². The van der Waals surface area contributed by atoms with Crippen molar-refractivity contribution >= 4 is 10.8 Å². The van der Waals surface area contributed by atoms with Gasteiger partial charge in [0.25, 0.3) is 0 Å². The number of nitrogens with one attached hydrogen (secondary N) is 1. The third-order valence-electron chi connectivity index (χ3n) is 2.91. The van der Waals surface area contributed by atoms with E-state index in [9.17, 15) is 4.21 Å². The molecule has 5 unspecified atom stereocenters. The second kappa shape index (κ2) is 3.67. The lowest BCUT2D eigenvalue weighted by atomic mass is 9.99. The van der Waals surface area contributed by atoms with Gasteiger partial charge in [-0.2, -0.15) is 0 Å². The zero-order chi connectivity index (χ0) is 9.42. The topological polar surface area (TPSA) is 38.3 Å². The zero-order valence-electron chi connectivity index (χ0n) is 8.16. The van der Waals surface area contributed by atoms with E-state index in [1.54, 1.807) is 0 Å². The molecule has 3 nitrogen and oxygen atoms in total. The molecule has 2 fully saturated rings. The maximum Gasteiger partial charge on any atom is 0.0761 e. The fourth-order valence-electron chi connectivity index (χ4n) is 2.40. The molecule has 2 aliphatic heterocycles. The van der Waals surface area contributed by atoms with Crippen LogP contribution in [0.1, 0.15) is 20.3 Å². The highest BCUT2D eigenvalue weighted by molar-refractivity contribution is 7.85. The molecule has 0 aromatic heterocycles. The van der Waals surface area contributed by atoms with Crippen LogP contribution in [0, 0.1) is 0 Å². The Morgan fingerprint density at radius 2 is 2.23 bits per heavy atom. The first-order chi connectivity index (χ1) is 6.18. The first-order valence-corrected chi connectivity index (χ1v) is 6.32. The summed E-state index contributed by atoms with van der Waals surface area (Å²) in [4.78, 5) is 0. The Kier molecular flexibility index (Phi) is 2.72. The van der Waals surface area contributed by atoms with Crippen LogP contribution in [0.25, 0.3) is 0 Å². The van der Waals surface area contributed by atoms with Gasteiger partial charge in [-0.05, 0) is 20.3 Å². The molecule has 0 aliphatic carbocycles. The second-order valence-electron chi connectivity index (χ2n) is 4.00. The molecule has 13 heavy (non-hydrogen) atoms. The van der Waals surface area contributed by atoms with Gasteiger partial charge < -0.3 is 10.1 Å². The summed E-state index contributed by atoms with van der Waals surface area (Å²) in [7, 11) is -0.689. The van der Waals surface area contributed by atoms with Gasteiger partial charge in [0.05, 0.1) is 17.5 Å². The molecular formula is C9H17NO2S. The van der Waals surface area contributed by atoms with Gasteiger partial charge in [-0.15, -0.1) is 0 Å². The molecule has 2 aliphatic rings. The van der Waals surface area contributed by atoms with E-state index in [4.69, 9.17) is 4.74 Å². The predicted molar refractivity (Wildman–Crippen MR) is 53.2 cm³/mol.